The van der Waals surface area contributed by atoms with Crippen molar-refractivity contribution in [2.75, 3.05) is 0 Å². The van der Waals surface area contributed by atoms with Crippen LogP contribution < -0.4 is 0 Å². The largest absolute Gasteiger partial charge is 0.376 e. The third-order valence-electron chi connectivity index (χ3n) is 2.43. The molecule has 0 aliphatic heterocycles. The Morgan fingerprint density at radius 1 is 1.26 bits per heavy atom. The summed E-state index contributed by atoms with van der Waals surface area (Å²) < 4.78 is 1.68. The molecule has 19 heavy (non-hydrogen) atoms. The number of fused-ring (bicyclic) bond motifs is 1. The van der Waals surface area contributed by atoms with Gasteiger partial charge in [-0.2, -0.15) is 0 Å². The molecule has 0 saturated heterocycles. The Labute approximate surface area is 126 Å². The van der Waals surface area contributed by atoms with E-state index in [1.54, 1.807) is 23.3 Å². The summed E-state index contributed by atoms with van der Waals surface area (Å²) in [6.07, 6.45) is 5.10. The number of aromatic amines is 1. The van der Waals surface area contributed by atoms with Gasteiger partial charge in [-0.1, -0.05) is 11.8 Å². The van der Waals surface area contributed by atoms with Gasteiger partial charge in [0.25, 0.3) is 0 Å². The first kappa shape index (κ1) is 15.8. The summed E-state index contributed by atoms with van der Waals surface area (Å²) in [4.78, 5) is 12.5. The molecule has 102 valence electrons. The molecule has 0 unspecified atom stereocenters. The lowest BCUT2D eigenvalue weighted by Gasteiger charge is -2.03. The van der Waals surface area contributed by atoms with Crippen LogP contribution >= 0.6 is 36.6 Å². The number of benzene rings is 1. The molecule has 0 amide bonds. The van der Waals surface area contributed by atoms with Crippen molar-refractivity contribution >= 4 is 47.6 Å². The van der Waals surface area contributed by atoms with Gasteiger partial charge >= 0.3 is 0 Å². The van der Waals surface area contributed by atoms with Gasteiger partial charge in [0.2, 0.25) is 0 Å². The molecule has 0 fully saturated rings. The summed E-state index contributed by atoms with van der Waals surface area (Å²) >= 11 is 1.51. The number of hydrogen-bond acceptors (Lipinski definition) is 4. The Bertz CT molecular complexity index is 655. The monoisotopic (exact) mass is 318 g/mol. The van der Waals surface area contributed by atoms with E-state index in [1.165, 1.54) is 11.8 Å². The third-order valence-corrected chi connectivity index (χ3v) is 3.44. The van der Waals surface area contributed by atoms with Crippen molar-refractivity contribution in [3.05, 3.63) is 36.9 Å². The lowest BCUT2D eigenvalue weighted by Crippen LogP contribution is -1.96. The first-order valence-electron chi connectivity index (χ1n) is 5.10. The van der Waals surface area contributed by atoms with Crippen LogP contribution in [0, 0.1) is 0 Å². The van der Waals surface area contributed by atoms with E-state index in [9.17, 15) is 0 Å². The normalized spacial score (nSPS) is 9.95. The van der Waals surface area contributed by atoms with Crippen LogP contribution in [-0.4, -0.2) is 24.6 Å². The van der Waals surface area contributed by atoms with Crippen molar-refractivity contribution < 1.29 is 5.11 Å². The van der Waals surface area contributed by atoms with E-state index in [-0.39, 0.29) is 31.5 Å². The number of nitrogens with zero attached hydrogens (tertiary/aromatic N) is 3. The minimum atomic E-state index is -0.0609. The zero-order chi connectivity index (χ0) is 11.7. The molecule has 0 atom stereocenters. The maximum absolute atomic E-state index is 9.12. The van der Waals surface area contributed by atoms with Crippen molar-refractivity contribution in [3.63, 3.8) is 0 Å². The van der Waals surface area contributed by atoms with Crippen LogP contribution in [0.15, 0.2) is 47.0 Å². The van der Waals surface area contributed by atoms with E-state index in [2.05, 4.69) is 15.0 Å². The highest BCUT2D eigenvalue weighted by Gasteiger charge is 2.05. The van der Waals surface area contributed by atoms with Crippen LogP contribution in [0.3, 0.4) is 0 Å². The Morgan fingerprint density at radius 2 is 2.11 bits per heavy atom. The van der Waals surface area contributed by atoms with Crippen LogP contribution in [0.25, 0.3) is 11.0 Å². The van der Waals surface area contributed by atoms with Gasteiger partial charge in [0.1, 0.15) is 6.73 Å². The first-order valence-corrected chi connectivity index (χ1v) is 5.91. The molecule has 2 aromatic heterocycles. The number of aliphatic hydroxyl groups excluding tert-OH is 1. The van der Waals surface area contributed by atoms with E-state index >= 15 is 0 Å². The predicted octanol–water partition coefficient (Wildman–Crippen LogP) is 2.70. The Kier molecular flexibility index (Phi) is 5.68. The lowest BCUT2D eigenvalue weighted by atomic mass is 10.3. The van der Waals surface area contributed by atoms with Crippen molar-refractivity contribution in [1.29, 1.82) is 0 Å². The Morgan fingerprint density at radius 3 is 2.89 bits per heavy atom. The fourth-order valence-electron chi connectivity index (χ4n) is 1.59. The van der Waals surface area contributed by atoms with Crippen molar-refractivity contribution in [3.8, 4) is 0 Å². The van der Waals surface area contributed by atoms with Crippen molar-refractivity contribution in [2.45, 2.75) is 16.8 Å². The van der Waals surface area contributed by atoms with Crippen LogP contribution in [0.2, 0.25) is 0 Å². The highest BCUT2D eigenvalue weighted by atomic mass is 35.5. The number of imidazole rings is 2. The summed E-state index contributed by atoms with van der Waals surface area (Å²) in [6, 6.07) is 5.97. The first-order chi connectivity index (χ1) is 8.36. The lowest BCUT2D eigenvalue weighted by molar-refractivity contribution is 0.200. The van der Waals surface area contributed by atoms with Crippen LogP contribution in [0.1, 0.15) is 0 Å². The van der Waals surface area contributed by atoms with Gasteiger partial charge in [0.05, 0.1) is 17.4 Å². The number of nitrogens with one attached hydrogen (secondary N) is 1. The molecule has 2 heterocycles. The second-order valence-corrected chi connectivity index (χ2v) is 4.55. The number of aromatic nitrogens is 4. The topological polar surface area (TPSA) is 66.7 Å². The summed E-state index contributed by atoms with van der Waals surface area (Å²) in [5.74, 6) is 0. The molecule has 0 saturated carbocycles. The van der Waals surface area contributed by atoms with Gasteiger partial charge in [-0.3, -0.25) is 0 Å². The maximum atomic E-state index is 9.12. The minimum Gasteiger partial charge on any atom is -0.376 e. The average Bonchev–Trinajstić information content (AvgIpc) is 2.96. The van der Waals surface area contributed by atoms with Gasteiger partial charge in [-0.15, -0.1) is 24.8 Å². The van der Waals surface area contributed by atoms with Gasteiger partial charge in [-0.25, -0.2) is 9.97 Å². The number of aliphatic hydroxyl groups is 1. The van der Waals surface area contributed by atoms with Gasteiger partial charge in [0.15, 0.2) is 5.16 Å². The Balaban J connectivity index is 0.000000902. The molecule has 0 radical (unpaired) electrons. The average molecular weight is 319 g/mol. The SMILES string of the molecule is Cl.Cl.OCn1ccnc1Sc1ccc2nc[nH]c2c1. The predicted molar refractivity (Wildman–Crippen MR) is 79.2 cm³/mol. The van der Waals surface area contributed by atoms with E-state index in [1.807, 2.05) is 18.2 Å². The third kappa shape index (κ3) is 3.22. The molecule has 3 rings (SSSR count). The van der Waals surface area contributed by atoms with Crippen molar-refractivity contribution in [1.82, 2.24) is 19.5 Å². The van der Waals surface area contributed by atoms with Gasteiger partial charge < -0.3 is 14.7 Å². The minimum absolute atomic E-state index is 0. The standard InChI is InChI=1S/C11H10N4OS.2ClH/c16-7-15-4-3-12-11(15)17-8-1-2-9-10(5-8)14-6-13-9;;/h1-6,16H,7H2,(H,13,14);2*1H. The fraction of sp³-hybridized carbons (Fsp3) is 0.0909. The molecule has 3 aromatic rings. The van der Waals surface area contributed by atoms with Crippen LogP contribution in [-0.2, 0) is 6.73 Å². The molecule has 1 aromatic carbocycles. The molecule has 5 nitrogen and oxygen atoms in total. The van der Waals surface area contributed by atoms with E-state index in [4.69, 9.17) is 5.11 Å². The quantitative estimate of drug-likeness (QED) is 0.779. The van der Waals surface area contributed by atoms with Crippen LogP contribution in [0.4, 0.5) is 0 Å². The molecule has 0 aliphatic carbocycles. The Hall–Kier alpha value is -1.21. The molecule has 0 aliphatic rings. The summed E-state index contributed by atoms with van der Waals surface area (Å²) in [6.45, 7) is -0.0609. The maximum Gasteiger partial charge on any atom is 0.174 e. The summed E-state index contributed by atoms with van der Waals surface area (Å²) in [5, 5.41) is 9.89. The van der Waals surface area contributed by atoms with E-state index < -0.39 is 0 Å². The summed E-state index contributed by atoms with van der Waals surface area (Å²) in [5.41, 5.74) is 1.94. The fourth-order valence-corrected chi connectivity index (χ4v) is 2.46. The van der Waals surface area contributed by atoms with E-state index in [0.29, 0.717) is 0 Å². The highest BCUT2D eigenvalue weighted by Crippen LogP contribution is 2.27. The van der Waals surface area contributed by atoms with E-state index in [0.717, 1.165) is 21.1 Å². The molecule has 2 N–H and O–H groups in total. The summed E-state index contributed by atoms with van der Waals surface area (Å²) in [7, 11) is 0. The molecule has 8 heteroatoms. The second-order valence-electron chi connectivity index (χ2n) is 3.50. The number of rotatable bonds is 3. The zero-order valence-electron chi connectivity index (χ0n) is 9.68. The molecule has 0 bridgehead atoms. The van der Waals surface area contributed by atoms with Gasteiger partial charge in [-0.05, 0) is 18.2 Å². The molecular formula is C11H12Cl2N4OS. The van der Waals surface area contributed by atoms with Gasteiger partial charge in [0, 0.05) is 17.3 Å². The van der Waals surface area contributed by atoms with Crippen molar-refractivity contribution in [2.24, 2.45) is 0 Å². The molecular weight excluding hydrogens is 307 g/mol. The second kappa shape index (κ2) is 6.81. The smallest absolute Gasteiger partial charge is 0.174 e. The zero-order valence-corrected chi connectivity index (χ0v) is 12.1. The number of halogens is 2. The number of H-pyrrole nitrogens is 1. The molecule has 0 spiro atoms. The van der Waals surface area contributed by atoms with Crippen LogP contribution in [0.5, 0.6) is 0 Å². The highest BCUT2D eigenvalue weighted by molar-refractivity contribution is 7.99. The number of hydrogen-bond donors (Lipinski definition) is 2.